The number of thioether (sulfide) groups is 2. The van der Waals surface area contributed by atoms with E-state index in [-0.39, 0.29) is 22.2 Å². The van der Waals surface area contributed by atoms with Gasteiger partial charge in [-0.3, -0.25) is 9.59 Å². The number of carbonyl (C=O) groups is 2. The standard InChI is InChI=1S/C33H33BrN2O4S2/c1-22(33(39)36(2)3)42-32(41-17-16-31(37)38)20-24-7-5-9-29(19-24)40-28-8-4-6-23(18-28)10-14-27-15-12-25-11-13-26(34)21-30(25)35-27/h4-15,18-19,21-22,32H,16-17,20H2,1-3H3,(H,37,38)/b14-10+. The lowest BCUT2D eigenvalue weighted by Gasteiger charge is -2.22. The first kappa shape index (κ1) is 31.7. The lowest BCUT2D eigenvalue weighted by molar-refractivity contribution is -0.136. The van der Waals surface area contributed by atoms with Crippen molar-refractivity contribution in [1.82, 2.24) is 9.88 Å². The van der Waals surface area contributed by atoms with Crippen LogP contribution in [0.15, 0.2) is 83.3 Å². The summed E-state index contributed by atoms with van der Waals surface area (Å²) in [4.78, 5) is 29.9. The molecule has 2 atom stereocenters. The lowest BCUT2D eigenvalue weighted by Crippen LogP contribution is -2.31. The quantitative estimate of drug-likeness (QED) is 0.144. The van der Waals surface area contributed by atoms with Crippen molar-refractivity contribution in [2.45, 2.75) is 29.6 Å². The number of carboxylic acid groups (broad SMARTS) is 1. The molecule has 4 aromatic rings. The summed E-state index contributed by atoms with van der Waals surface area (Å²) < 4.78 is 7.24. The predicted molar refractivity (Wildman–Crippen MR) is 179 cm³/mol. The molecule has 0 aliphatic heterocycles. The number of aliphatic carboxylic acids is 1. The Labute approximate surface area is 263 Å². The number of carboxylic acids is 1. The molecule has 1 N–H and O–H groups in total. The molecule has 0 saturated carbocycles. The number of carbonyl (C=O) groups excluding carboxylic acids is 1. The molecule has 0 saturated heterocycles. The monoisotopic (exact) mass is 664 g/mol. The van der Waals surface area contributed by atoms with Gasteiger partial charge in [-0.1, -0.05) is 58.4 Å². The molecular weight excluding hydrogens is 632 g/mol. The minimum atomic E-state index is -0.821. The average Bonchev–Trinajstić information content (AvgIpc) is 2.95. The Bertz CT molecular complexity index is 1580. The Morgan fingerprint density at radius 2 is 1.74 bits per heavy atom. The van der Waals surface area contributed by atoms with Crippen LogP contribution in [-0.2, 0) is 16.0 Å². The van der Waals surface area contributed by atoms with Crippen molar-refractivity contribution in [2.24, 2.45) is 0 Å². The normalized spacial score (nSPS) is 12.8. The van der Waals surface area contributed by atoms with Crippen LogP contribution in [0.5, 0.6) is 11.5 Å². The molecule has 6 nitrogen and oxygen atoms in total. The van der Waals surface area contributed by atoms with Crippen LogP contribution >= 0.6 is 39.5 Å². The van der Waals surface area contributed by atoms with E-state index < -0.39 is 5.97 Å². The van der Waals surface area contributed by atoms with Crippen LogP contribution in [0.2, 0.25) is 0 Å². The second-order valence-electron chi connectivity index (χ2n) is 9.89. The van der Waals surface area contributed by atoms with Gasteiger partial charge in [0, 0.05) is 29.7 Å². The van der Waals surface area contributed by atoms with E-state index in [0.717, 1.165) is 37.9 Å². The van der Waals surface area contributed by atoms with Gasteiger partial charge < -0.3 is 14.7 Å². The molecule has 3 aromatic carbocycles. The Morgan fingerprint density at radius 3 is 2.50 bits per heavy atom. The third-order valence-electron chi connectivity index (χ3n) is 6.28. The molecule has 1 amide bonds. The van der Waals surface area contributed by atoms with E-state index in [1.807, 2.05) is 91.9 Å². The average molecular weight is 666 g/mol. The van der Waals surface area contributed by atoms with Crippen LogP contribution in [-0.4, -0.2) is 56.5 Å². The number of pyridine rings is 1. The number of ether oxygens (including phenoxy) is 1. The molecule has 42 heavy (non-hydrogen) atoms. The van der Waals surface area contributed by atoms with Gasteiger partial charge in [-0.25, -0.2) is 4.98 Å². The first-order valence-electron chi connectivity index (χ1n) is 13.5. The molecule has 9 heteroatoms. The molecule has 218 valence electrons. The molecule has 1 aromatic heterocycles. The van der Waals surface area contributed by atoms with E-state index in [2.05, 4.69) is 22.0 Å². The molecule has 1 heterocycles. The Balaban J connectivity index is 1.44. The summed E-state index contributed by atoms with van der Waals surface area (Å²) in [5, 5.41) is 9.95. The van der Waals surface area contributed by atoms with Gasteiger partial charge in [0.1, 0.15) is 11.5 Å². The van der Waals surface area contributed by atoms with Crippen molar-refractivity contribution in [3.63, 3.8) is 0 Å². The van der Waals surface area contributed by atoms with E-state index in [1.54, 1.807) is 42.5 Å². The highest BCUT2D eigenvalue weighted by molar-refractivity contribution is 9.10. The van der Waals surface area contributed by atoms with E-state index in [9.17, 15) is 9.59 Å². The number of amides is 1. The highest BCUT2D eigenvalue weighted by Gasteiger charge is 2.22. The molecule has 0 radical (unpaired) electrons. The van der Waals surface area contributed by atoms with Gasteiger partial charge >= 0.3 is 5.97 Å². The molecule has 0 bridgehead atoms. The molecule has 0 aliphatic carbocycles. The zero-order chi connectivity index (χ0) is 30.1. The third kappa shape index (κ3) is 9.64. The SMILES string of the molecule is CC(SC(Cc1cccc(Oc2cccc(/C=C/c3ccc4ccc(Br)cc4n3)c2)c1)SCCC(=O)O)C(=O)N(C)C. The van der Waals surface area contributed by atoms with Crippen molar-refractivity contribution in [3.8, 4) is 11.5 Å². The minimum Gasteiger partial charge on any atom is -0.481 e. The minimum absolute atomic E-state index is 0.0248. The van der Waals surface area contributed by atoms with Crippen LogP contribution in [0.25, 0.3) is 23.1 Å². The second kappa shape index (κ2) is 15.3. The third-order valence-corrected chi connectivity index (χ3v) is 9.57. The predicted octanol–water partition coefficient (Wildman–Crippen LogP) is 8.25. The number of rotatable bonds is 13. The van der Waals surface area contributed by atoms with Crippen molar-refractivity contribution in [1.29, 1.82) is 0 Å². The maximum atomic E-state index is 12.5. The Hall–Kier alpha value is -3.27. The van der Waals surface area contributed by atoms with Crippen molar-refractivity contribution in [3.05, 3.63) is 100 Å². The smallest absolute Gasteiger partial charge is 0.304 e. The van der Waals surface area contributed by atoms with Crippen molar-refractivity contribution < 1.29 is 19.4 Å². The van der Waals surface area contributed by atoms with E-state index in [4.69, 9.17) is 14.8 Å². The fourth-order valence-corrected chi connectivity index (χ4v) is 7.59. The first-order valence-corrected chi connectivity index (χ1v) is 16.3. The van der Waals surface area contributed by atoms with Crippen LogP contribution in [0.3, 0.4) is 0 Å². The summed E-state index contributed by atoms with van der Waals surface area (Å²) in [6.07, 6.45) is 4.76. The van der Waals surface area contributed by atoms with Crippen LogP contribution < -0.4 is 4.74 Å². The zero-order valence-electron chi connectivity index (χ0n) is 23.7. The number of halogens is 1. The number of benzene rings is 3. The van der Waals surface area contributed by atoms with Crippen LogP contribution in [0, 0.1) is 0 Å². The number of nitrogens with zero attached hydrogens (tertiary/aromatic N) is 2. The maximum absolute atomic E-state index is 12.5. The van der Waals surface area contributed by atoms with Gasteiger partial charge in [-0.15, -0.1) is 23.5 Å². The van der Waals surface area contributed by atoms with Crippen LogP contribution in [0.1, 0.15) is 30.2 Å². The zero-order valence-corrected chi connectivity index (χ0v) is 26.9. The maximum Gasteiger partial charge on any atom is 0.304 e. The fourth-order valence-electron chi connectivity index (χ4n) is 4.20. The van der Waals surface area contributed by atoms with Crippen molar-refractivity contribution in [2.75, 3.05) is 19.8 Å². The summed E-state index contributed by atoms with van der Waals surface area (Å²) in [7, 11) is 3.49. The largest absolute Gasteiger partial charge is 0.481 e. The van der Waals surface area contributed by atoms with Crippen molar-refractivity contribution >= 4 is 74.4 Å². The fraction of sp³-hybridized carbons (Fsp3) is 0.242. The molecule has 4 rings (SSSR count). The Kier molecular flexibility index (Phi) is 11.5. The summed E-state index contributed by atoms with van der Waals surface area (Å²) in [5.74, 6) is 1.14. The summed E-state index contributed by atoms with van der Waals surface area (Å²) in [5.41, 5.74) is 3.85. The van der Waals surface area contributed by atoms with Crippen LogP contribution in [0.4, 0.5) is 0 Å². The molecule has 0 fully saturated rings. The highest BCUT2D eigenvalue weighted by Crippen LogP contribution is 2.33. The molecule has 0 aliphatic rings. The van der Waals surface area contributed by atoms with Gasteiger partial charge in [-0.2, -0.15) is 0 Å². The summed E-state index contributed by atoms with van der Waals surface area (Å²) in [6, 6.07) is 25.9. The number of fused-ring (bicyclic) bond motifs is 1. The molecule has 0 spiro atoms. The molecule has 2 unspecified atom stereocenters. The molecular formula is C33H33BrN2O4S2. The van der Waals surface area contributed by atoms with Gasteiger partial charge in [0.25, 0.3) is 0 Å². The number of hydrogen-bond donors (Lipinski definition) is 1. The topological polar surface area (TPSA) is 79.7 Å². The van der Waals surface area contributed by atoms with Gasteiger partial charge in [0.2, 0.25) is 5.91 Å². The van der Waals surface area contributed by atoms with Gasteiger partial charge in [0.15, 0.2) is 0 Å². The summed E-state index contributed by atoms with van der Waals surface area (Å²) in [6.45, 7) is 1.90. The Morgan fingerprint density at radius 1 is 1.00 bits per heavy atom. The number of aromatic nitrogens is 1. The second-order valence-corrected chi connectivity index (χ2v) is 14.0. The van der Waals surface area contributed by atoms with E-state index in [1.165, 1.54) is 0 Å². The van der Waals surface area contributed by atoms with Gasteiger partial charge in [-0.05, 0) is 73.0 Å². The lowest BCUT2D eigenvalue weighted by atomic mass is 10.1. The van der Waals surface area contributed by atoms with E-state index in [0.29, 0.717) is 17.9 Å². The van der Waals surface area contributed by atoms with E-state index >= 15 is 0 Å². The summed E-state index contributed by atoms with van der Waals surface area (Å²) >= 11 is 6.65. The number of hydrogen-bond acceptors (Lipinski definition) is 6. The van der Waals surface area contributed by atoms with Gasteiger partial charge in [0.05, 0.1) is 27.5 Å². The highest BCUT2D eigenvalue weighted by atomic mass is 79.9. The first-order chi connectivity index (χ1) is 20.2.